The van der Waals surface area contributed by atoms with E-state index in [4.69, 9.17) is 4.74 Å². The maximum atomic E-state index is 12.5. The number of carbonyl (C=O) groups is 2. The number of phenolic OH excluding ortho intramolecular Hbond substituents is 1. The van der Waals surface area contributed by atoms with Crippen molar-refractivity contribution in [2.45, 2.75) is 6.92 Å². The molecule has 1 aromatic carbocycles. The number of hydrogen-bond acceptors (Lipinski definition) is 4. The fourth-order valence-corrected chi connectivity index (χ4v) is 2.34. The van der Waals surface area contributed by atoms with Gasteiger partial charge in [-0.3, -0.25) is 4.79 Å². The molecule has 1 aromatic rings. The summed E-state index contributed by atoms with van der Waals surface area (Å²) in [5.41, 5.74) is 1.38. The van der Waals surface area contributed by atoms with Crippen LogP contribution in [0.1, 0.15) is 12.5 Å². The Morgan fingerprint density at radius 1 is 1.41 bits per heavy atom. The smallest absolute Gasteiger partial charge is 0.340 e. The molecule has 5 heteroatoms. The van der Waals surface area contributed by atoms with Crippen molar-refractivity contribution in [2.24, 2.45) is 0 Å². The summed E-state index contributed by atoms with van der Waals surface area (Å²) in [6.45, 7) is 5.59. The highest BCUT2D eigenvalue weighted by Gasteiger charge is 2.36. The number of para-hydroxylation sites is 1. The van der Waals surface area contributed by atoms with Gasteiger partial charge in [-0.25, -0.2) is 4.79 Å². The Bertz CT molecular complexity index is 700. The second kappa shape index (κ2) is 6.30. The molecule has 1 amide bonds. The number of rotatable bonds is 4. The zero-order chi connectivity index (χ0) is 16.3. The summed E-state index contributed by atoms with van der Waals surface area (Å²) in [5.74, 6) is -0.869. The minimum atomic E-state index is -0.584. The van der Waals surface area contributed by atoms with Gasteiger partial charge in [-0.2, -0.15) is 0 Å². The zero-order valence-electron chi connectivity index (χ0n) is 12.5. The number of benzene rings is 1. The molecule has 0 unspecified atom stereocenters. The van der Waals surface area contributed by atoms with Crippen molar-refractivity contribution in [1.82, 2.24) is 4.90 Å². The molecule has 1 N–H and O–H groups in total. The lowest BCUT2D eigenvalue weighted by molar-refractivity contribution is -0.136. The van der Waals surface area contributed by atoms with Crippen LogP contribution < -0.4 is 0 Å². The number of amides is 1. The van der Waals surface area contributed by atoms with E-state index < -0.39 is 5.97 Å². The van der Waals surface area contributed by atoms with Gasteiger partial charge in [0, 0.05) is 17.8 Å². The number of aromatic hydroxyl groups is 1. The molecule has 5 nitrogen and oxygen atoms in total. The van der Waals surface area contributed by atoms with E-state index in [0.717, 1.165) is 0 Å². The van der Waals surface area contributed by atoms with Crippen LogP contribution in [-0.4, -0.2) is 35.5 Å². The molecule has 22 heavy (non-hydrogen) atoms. The third-order valence-electron chi connectivity index (χ3n) is 3.45. The first-order valence-electron chi connectivity index (χ1n) is 6.73. The maximum Gasteiger partial charge on any atom is 0.340 e. The summed E-state index contributed by atoms with van der Waals surface area (Å²) in [6.07, 6.45) is 3.08. The molecule has 1 aliphatic rings. The van der Waals surface area contributed by atoms with Crippen molar-refractivity contribution < 1.29 is 19.4 Å². The summed E-state index contributed by atoms with van der Waals surface area (Å²) >= 11 is 0. The van der Waals surface area contributed by atoms with Crippen molar-refractivity contribution >= 4 is 18.0 Å². The average molecular weight is 299 g/mol. The van der Waals surface area contributed by atoms with E-state index in [0.29, 0.717) is 17.8 Å². The highest BCUT2D eigenvalue weighted by atomic mass is 16.5. The second-order valence-corrected chi connectivity index (χ2v) is 4.77. The fraction of sp³-hybridized carbons (Fsp3) is 0.176. The van der Waals surface area contributed by atoms with Crippen molar-refractivity contribution in [3.63, 3.8) is 0 Å². The van der Waals surface area contributed by atoms with Crippen LogP contribution in [0.3, 0.4) is 0 Å². The van der Waals surface area contributed by atoms with Gasteiger partial charge in [0.2, 0.25) is 0 Å². The largest absolute Gasteiger partial charge is 0.507 e. The van der Waals surface area contributed by atoms with E-state index in [1.807, 2.05) is 0 Å². The molecule has 0 aromatic heterocycles. The van der Waals surface area contributed by atoms with Crippen LogP contribution in [-0.2, 0) is 14.3 Å². The molecule has 0 aliphatic carbocycles. The molecule has 0 fully saturated rings. The molecule has 0 saturated carbocycles. The van der Waals surface area contributed by atoms with Crippen molar-refractivity contribution in [3.05, 3.63) is 59.3 Å². The molecule has 0 saturated heterocycles. The first-order chi connectivity index (χ1) is 10.5. The van der Waals surface area contributed by atoms with Gasteiger partial charge in [-0.05, 0) is 19.1 Å². The van der Waals surface area contributed by atoms with Crippen LogP contribution in [0.5, 0.6) is 5.75 Å². The van der Waals surface area contributed by atoms with Gasteiger partial charge in [0.15, 0.2) is 0 Å². The second-order valence-electron chi connectivity index (χ2n) is 4.77. The standard InChI is InChI=1S/C17H17NO4/c1-4-9-18-11(2)15(17(21)22-3)13(16(18)20)10-12-7-5-6-8-14(12)19/h4-8,10,19H,1,9H2,2-3H3. The van der Waals surface area contributed by atoms with Gasteiger partial charge in [0.05, 0.1) is 18.3 Å². The minimum Gasteiger partial charge on any atom is -0.507 e. The lowest BCUT2D eigenvalue weighted by atomic mass is 10.0. The zero-order valence-corrected chi connectivity index (χ0v) is 12.5. The molecular formula is C17H17NO4. The first kappa shape index (κ1) is 15.6. The van der Waals surface area contributed by atoms with Gasteiger partial charge in [-0.15, -0.1) is 6.58 Å². The molecule has 1 heterocycles. The highest BCUT2D eigenvalue weighted by molar-refractivity contribution is 6.16. The van der Waals surface area contributed by atoms with Crippen molar-refractivity contribution in [2.75, 3.05) is 13.7 Å². The summed E-state index contributed by atoms with van der Waals surface area (Å²) in [5, 5.41) is 9.86. The van der Waals surface area contributed by atoms with Crippen molar-refractivity contribution in [1.29, 1.82) is 0 Å². The lowest BCUT2D eigenvalue weighted by Crippen LogP contribution is -2.24. The number of phenols is 1. The summed E-state index contributed by atoms with van der Waals surface area (Å²) in [7, 11) is 1.26. The van der Waals surface area contributed by atoms with E-state index in [1.165, 1.54) is 24.2 Å². The Kier molecular flexibility index (Phi) is 4.46. The van der Waals surface area contributed by atoms with Crippen LogP contribution in [0.4, 0.5) is 0 Å². The Morgan fingerprint density at radius 3 is 2.68 bits per heavy atom. The topological polar surface area (TPSA) is 66.8 Å². The van der Waals surface area contributed by atoms with Gasteiger partial charge < -0.3 is 14.7 Å². The van der Waals surface area contributed by atoms with Gasteiger partial charge >= 0.3 is 5.97 Å². The monoisotopic (exact) mass is 299 g/mol. The fourth-order valence-electron chi connectivity index (χ4n) is 2.34. The summed E-state index contributed by atoms with van der Waals surface area (Å²) in [6, 6.07) is 6.60. The van der Waals surface area contributed by atoms with Crippen LogP contribution in [0.25, 0.3) is 6.08 Å². The Hall–Kier alpha value is -2.82. The molecule has 1 aliphatic heterocycles. The molecule has 114 valence electrons. The average Bonchev–Trinajstić information content (AvgIpc) is 2.74. The number of allylic oxidation sites excluding steroid dienone is 1. The number of methoxy groups -OCH3 is 1. The molecule has 0 radical (unpaired) electrons. The number of ether oxygens (including phenoxy) is 1. The van der Waals surface area contributed by atoms with Crippen LogP contribution in [0.2, 0.25) is 0 Å². The van der Waals surface area contributed by atoms with E-state index in [9.17, 15) is 14.7 Å². The third-order valence-corrected chi connectivity index (χ3v) is 3.45. The normalized spacial score (nSPS) is 16.4. The van der Waals surface area contributed by atoms with Crippen LogP contribution >= 0.6 is 0 Å². The number of esters is 1. The van der Waals surface area contributed by atoms with Crippen molar-refractivity contribution in [3.8, 4) is 5.75 Å². The van der Waals surface area contributed by atoms with Gasteiger partial charge in [0.25, 0.3) is 5.91 Å². The maximum absolute atomic E-state index is 12.5. The summed E-state index contributed by atoms with van der Waals surface area (Å²) < 4.78 is 4.77. The Labute approximate surface area is 128 Å². The third kappa shape index (κ3) is 2.65. The van der Waals surface area contributed by atoms with E-state index in [1.54, 1.807) is 31.2 Å². The SMILES string of the molecule is C=CCN1C(=O)C(=Cc2ccccc2O)C(C(=O)OC)=C1C. The number of nitrogens with zero attached hydrogens (tertiary/aromatic N) is 1. The van der Waals surface area contributed by atoms with Crippen LogP contribution in [0, 0.1) is 0 Å². The van der Waals surface area contributed by atoms with E-state index in [2.05, 4.69) is 6.58 Å². The highest BCUT2D eigenvalue weighted by Crippen LogP contribution is 2.32. The summed E-state index contributed by atoms with van der Waals surface area (Å²) in [4.78, 5) is 26.0. The Morgan fingerprint density at radius 2 is 2.09 bits per heavy atom. The van der Waals surface area contributed by atoms with Crippen LogP contribution in [0.15, 0.2) is 53.8 Å². The Balaban J connectivity index is 2.58. The first-order valence-corrected chi connectivity index (χ1v) is 6.73. The molecule has 0 atom stereocenters. The minimum absolute atomic E-state index is 0.0341. The number of carbonyl (C=O) groups excluding carboxylic acids is 2. The quantitative estimate of drug-likeness (QED) is 0.526. The van der Waals surface area contributed by atoms with E-state index >= 15 is 0 Å². The molecule has 2 rings (SSSR count). The predicted octanol–water partition coefficient (Wildman–Crippen LogP) is 2.25. The van der Waals surface area contributed by atoms with E-state index in [-0.39, 0.29) is 22.8 Å². The molecular weight excluding hydrogens is 282 g/mol. The molecule has 0 spiro atoms. The number of hydrogen-bond donors (Lipinski definition) is 1. The van der Waals surface area contributed by atoms with Gasteiger partial charge in [-0.1, -0.05) is 24.3 Å². The lowest BCUT2D eigenvalue weighted by Gasteiger charge is -2.14. The predicted molar refractivity (Wildman–Crippen MR) is 82.7 cm³/mol. The van der Waals surface area contributed by atoms with Gasteiger partial charge in [0.1, 0.15) is 5.75 Å². The molecule has 0 bridgehead atoms.